The van der Waals surface area contributed by atoms with Gasteiger partial charge in [-0.2, -0.15) is 4.31 Å². The number of piperidine rings is 1. The van der Waals surface area contributed by atoms with Gasteiger partial charge in [0.15, 0.2) is 0 Å². The first-order chi connectivity index (χ1) is 15.4. The Bertz CT molecular complexity index is 1030. The van der Waals surface area contributed by atoms with Crippen LogP contribution in [0.5, 0.6) is 5.75 Å². The standard InChI is InChI=1S/C23H30N4O4S/c1-16-3-5-17(6-4-16)21-15-22(26-25-21)23(28)24-18-11-13-27(14-12-18)32(29,30)20-9-7-19(31-2)8-10-20/h3-10,18,21-22,25-26H,11-15H2,1-2H3,(H,24,28). The Balaban J connectivity index is 1.28. The molecule has 8 nitrogen and oxygen atoms in total. The zero-order valence-electron chi connectivity index (χ0n) is 18.4. The van der Waals surface area contributed by atoms with E-state index in [1.807, 2.05) is 6.92 Å². The molecule has 172 valence electrons. The molecule has 0 radical (unpaired) electrons. The monoisotopic (exact) mass is 458 g/mol. The van der Waals surface area contributed by atoms with E-state index in [-0.39, 0.29) is 28.9 Å². The number of nitrogens with one attached hydrogen (secondary N) is 3. The molecular weight excluding hydrogens is 428 g/mol. The highest BCUT2D eigenvalue weighted by Gasteiger charge is 2.33. The fourth-order valence-electron chi connectivity index (χ4n) is 4.18. The van der Waals surface area contributed by atoms with Crippen molar-refractivity contribution in [2.75, 3.05) is 20.2 Å². The third-order valence-electron chi connectivity index (χ3n) is 6.20. The molecule has 2 fully saturated rings. The van der Waals surface area contributed by atoms with Gasteiger partial charge in [-0.1, -0.05) is 29.8 Å². The van der Waals surface area contributed by atoms with Gasteiger partial charge in [0.1, 0.15) is 11.8 Å². The molecule has 4 rings (SSSR count). The van der Waals surface area contributed by atoms with E-state index in [0.717, 1.165) is 5.56 Å². The van der Waals surface area contributed by atoms with Crippen LogP contribution in [0.4, 0.5) is 0 Å². The molecule has 2 heterocycles. The summed E-state index contributed by atoms with van der Waals surface area (Å²) in [5.41, 5.74) is 8.65. The topological polar surface area (TPSA) is 99.8 Å². The number of benzene rings is 2. The predicted octanol–water partition coefficient (Wildman–Crippen LogP) is 1.88. The Labute approximate surface area is 189 Å². The van der Waals surface area contributed by atoms with Crippen molar-refractivity contribution in [3.8, 4) is 5.75 Å². The summed E-state index contributed by atoms with van der Waals surface area (Å²) in [4.78, 5) is 13.0. The molecule has 3 N–H and O–H groups in total. The summed E-state index contributed by atoms with van der Waals surface area (Å²) in [6, 6.07) is 14.4. The lowest BCUT2D eigenvalue weighted by molar-refractivity contribution is -0.123. The summed E-state index contributed by atoms with van der Waals surface area (Å²) in [6.07, 6.45) is 1.84. The van der Waals surface area contributed by atoms with Crippen molar-refractivity contribution in [2.24, 2.45) is 0 Å². The minimum absolute atomic E-state index is 0.0370. The Hall–Kier alpha value is -2.46. The minimum Gasteiger partial charge on any atom is -0.497 e. The molecule has 9 heteroatoms. The number of rotatable bonds is 6. The molecule has 0 aliphatic carbocycles. The number of ether oxygens (including phenoxy) is 1. The minimum atomic E-state index is -3.55. The summed E-state index contributed by atoms with van der Waals surface area (Å²) in [7, 11) is -2.01. The molecule has 2 aromatic carbocycles. The van der Waals surface area contributed by atoms with Crippen LogP contribution in [0.2, 0.25) is 0 Å². The number of carbonyl (C=O) groups is 1. The van der Waals surface area contributed by atoms with Crippen LogP contribution < -0.4 is 20.9 Å². The molecule has 0 aromatic heterocycles. The van der Waals surface area contributed by atoms with Crippen molar-refractivity contribution in [3.63, 3.8) is 0 Å². The SMILES string of the molecule is COc1ccc(S(=O)(=O)N2CCC(NC(=O)C3CC(c4ccc(C)cc4)NN3)CC2)cc1. The average Bonchev–Trinajstić information content (AvgIpc) is 3.30. The highest BCUT2D eigenvalue weighted by Crippen LogP contribution is 2.25. The third kappa shape index (κ3) is 4.96. The summed E-state index contributed by atoms with van der Waals surface area (Å²) >= 11 is 0. The number of hydrogen-bond donors (Lipinski definition) is 3. The summed E-state index contributed by atoms with van der Waals surface area (Å²) in [5.74, 6) is 0.563. The molecule has 0 spiro atoms. The Kier molecular flexibility index (Phi) is 6.80. The van der Waals surface area contributed by atoms with Crippen molar-refractivity contribution in [1.82, 2.24) is 20.5 Å². The van der Waals surface area contributed by atoms with Gasteiger partial charge in [-0.25, -0.2) is 19.3 Å². The van der Waals surface area contributed by atoms with Crippen molar-refractivity contribution < 1.29 is 17.9 Å². The van der Waals surface area contributed by atoms with Crippen molar-refractivity contribution in [3.05, 3.63) is 59.7 Å². The average molecular weight is 459 g/mol. The Morgan fingerprint density at radius 2 is 1.69 bits per heavy atom. The molecule has 2 aliphatic heterocycles. The van der Waals surface area contributed by atoms with Crippen LogP contribution in [0.25, 0.3) is 0 Å². The zero-order valence-corrected chi connectivity index (χ0v) is 19.2. The highest BCUT2D eigenvalue weighted by atomic mass is 32.2. The van der Waals surface area contributed by atoms with Crippen molar-refractivity contribution in [2.45, 2.75) is 49.2 Å². The van der Waals surface area contributed by atoms with Crippen LogP contribution in [0.15, 0.2) is 53.4 Å². The van der Waals surface area contributed by atoms with E-state index >= 15 is 0 Å². The van der Waals surface area contributed by atoms with Gasteiger partial charge in [0.05, 0.1) is 12.0 Å². The lowest BCUT2D eigenvalue weighted by Gasteiger charge is -2.32. The number of hydrogen-bond acceptors (Lipinski definition) is 6. The molecule has 2 saturated heterocycles. The number of carbonyl (C=O) groups excluding carboxylic acids is 1. The molecule has 2 aliphatic rings. The molecule has 1 amide bonds. The fourth-order valence-corrected chi connectivity index (χ4v) is 5.65. The zero-order chi connectivity index (χ0) is 22.7. The molecule has 32 heavy (non-hydrogen) atoms. The summed E-state index contributed by atoms with van der Waals surface area (Å²) in [6.45, 7) is 2.80. The summed E-state index contributed by atoms with van der Waals surface area (Å²) < 4.78 is 32.4. The van der Waals surface area contributed by atoms with E-state index in [4.69, 9.17) is 4.74 Å². The first-order valence-corrected chi connectivity index (χ1v) is 12.3. The number of nitrogens with zero attached hydrogens (tertiary/aromatic N) is 1. The second kappa shape index (κ2) is 9.58. The van der Waals surface area contributed by atoms with Gasteiger partial charge in [-0.05, 0) is 56.0 Å². The van der Waals surface area contributed by atoms with Crippen LogP contribution in [-0.2, 0) is 14.8 Å². The maximum Gasteiger partial charge on any atom is 0.243 e. The maximum atomic E-state index is 12.9. The normalized spacial score (nSPS) is 22.6. The van der Waals surface area contributed by atoms with E-state index in [1.165, 1.54) is 9.87 Å². The van der Waals surface area contributed by atoms with E-state index in [9.17, 15) is 13.2 Å². The quantitative estimate of drug-likeness (QED) is 0.611. The van der Waals surface area contributed by atoms with Crippen LogP contribution >= 0.6 is 0 Å². The fraction of sp³-hybridized carbons (Fsp3) is 0.435. The number of methoxy groups -OCH3 is 1. The van der Waals surface area contributed by atoms with E-state index in [0.29, 0.717) is 38.1 Å². The Morgan fingerprint density at radius 3 is 2.31 bits per heavy atom. The van der Waals surface area contributed by atoms with Gasteiger partial charge in [0, 0.05) is 25.2 Å². The van der Waals surface area contributed by atoms with Crippen LogP contribution in [0.1, 0.15) is 36.4 Å². The van der Waals surface area contributed by atoms with Crippen molar-refractivity contribution >= 4 is 15.9 Å². The molecule has 2 unspecified atom stereocenters. The lowest BCUT2D eigenvalue weighted by Crippen LogP contribution is -2.51. The van der Waals surface area contributed by atoms with Crippen LogP contribution in [-0.4, -0.2) is 50.9 Å². The number of aryl methyl sites for hydroxylation is 1. The van der Waals surface area contributed by atoms with Crippen molar-refractivity contribution in [1.29, 1.82) is 0 Å². The number of amides is 1. The van der Waals surface area contributed by atoms with Gasteiger partial charge >= 0.3 is 0 Å². The molecule has 0 saturated carbocycles. The van der Waals surface area contributed by atoms with Gasteiger partial charge in [-0.15, -0.1) is 0 Å². The number of sulfonamides is 1. The van der Waals surface area contributed by atoms with Crippen LogP contribution in [0.3, 0.4) is 0 Å². The summed E-state index contributed by atoms with van der Waals surface area (Å²) in [5, 5.41) is 3.09. The molecule has 0 bridgehead atoms. The molecular formula is C23H30N4O4S. The Morgan fingerprint density at radius 1 is 1.03 bits per heavy atom. The first-order valence-electron chi connectivity index (χ1n) is 10.9. The third-order valence-corrected chi connectivity index (χ3v) is 8.11. The van der Waals surface area contributed by atoms with E-state index < -0.39 is 10.0 Å². The molecule has 2 aromatic rings. The molecule has 2 atom stereocenters. The largest absolute Gasteiger partial charge is 0.497 e. The highest BCUT2D eigenvalue weighted by molar-refractivity contribution is 7.89. The predicted molar refractivity (Wildman–Crippen MR) is 122 cm³/mol. The second-order valence-electron chi connectivity index (χ2n) is 8.40. The van der Waals surface area contributed by atoms with Gasteiger partial charge in [0.2, 0.25) is 15.9 Å². The number of hydrazine groups is 1. The second-order valence-corrected chi connectivity index (χ2v) is 10.3. The van der Waals surface area contributed by atoms with Crippen LogP contribution in [0, 0.1) is 6.92 Å². The van der Waals surface area contributed by atoms with Gasteiger partial charge in [-0.3, -0.25) is 4.79 Å². The maximum absolute atomic E-state index is 12.9. The van der Waals surface area contributed by atoms with E-state index in [2.05, 4.69) is 40.4 Å². The van der Waals surface area contributed by atoms with Gasteiger partial charge in [0.25, 0.3) is 0 Å². The first kappa shape index (κ1) is 22.7. The van der Waals surface area contributed by atoms with E-state index in [1.54, 1.807) is 31.4 Å². The van der Waals surface area contributed by atoms with Gasteiger partial charge < -0.3 is 10.1 Å². The smallest absolute Gasteiger partial charge is 0.243 e. The lowest BCUT2D eigenvalue weighted by atomic mass is 10.00.